The van der Waals surface area contributed by atoms with E-state index in [1.807, 2.05) is 39.8 Å². The van der Waals surface area contributed by atoms with Crippen LogP contribution in [0.2, 0.25) is 0 Å². The molecule has 0 radical (unpaired) electrons. The van der Waals surface area contributed by atoms with Crippen LogP contribution in [0.5, 0.6) is 5.75 Å². The van der Waals surface area contributed by atoms with Crippen LogP contribution in [0.25, 0.3) is 5.69 Å². The average molecular weight is 357 g/mol. The first-order valence-electron chi connectivity index (χ1n) is 8.15. The Balaban J connectivity index is 2.16. The molecule has 0 bridgehead atoms. The van der Waals surface area contributed by atoms with Gasteiger partial charge in [-0.2, -0.15) is 0 Å². The number of oxime groups is 1. The van der Waals surface area contributed by atoms with E-state index in [4.69, 9.17) is 21.0 Å². The number of hydrogen-bond acceptors (Lipinski definition) is 5. The van der Waals surface area contributed by atoms with Gasteiger partial charge in [0.25, 0.3) is 0 Å². The van der Waals surface area contributed by atoms with Crippen LogP contribution in [-0.4, -0.2) is 30.6 Å². The number of hydrogen-bond donors (Lipinski definition) is 2. The van der Waals surface area contributed by atoms with E-state index in [0.717, 1.165) is 22.8 Å². The predicted octanol–water partition coefficient (Wildman–Crippen LogP) is 1.82. The van der Waals surface area contributed by atoms with Crippen LogP contribution in [0.1, 0.15) is 35.5 Å². The molecule has 0 atom stereocenters. The first kappa shape index (κ1) is 17.7. The summed E-state index contributed by atoms with van der Waals surface area (Å²) < 4.78 is 8.27. The minimum absolute atomic E-state index is 0.319. The maximum absolute atomic E-state index is 12.2. The molecule has 0 spiro atoms. The van der Waals surface area contributed by atoms with E-state index < -0.39 is 11.6 Å². The lowest BCUT2D eigenvalue weighted by molar-refractivity contribution is 0.0514. The highest BCUT2D eigenvalue weighted by molar-refractivity contribution is 5.91. The molecule has 0 saturated carbocycles. The molecule has 1 aliphatic rings. The van der Waals surface area contributed by atoms with Gasteiger partial charge in [0.2, 0.25) is 5.96 Å². The summed E-state index contributed by atoms with van der Waals surface area (Å²) in [6.07, 6.45) is 0. The van der Waals surface area contributed by atoms with Crippen molar-refractivity contribution in [3.05, 3.63) is 41.1 Å². The van der Waals surface area contributed by atoms with E-state index in [-0.39, 0.29) is 5.96 Å². The van der Waals surface area contributed by atoms with Gasteiger partial charge in [0.05, 0.1) is 16.9 Å². The van der Waals surface area contributed by atoms with Gasteiger partial charge in [-0.15, -0.1) is 0 Å². The molecule has 2 heterocycles. The summed E-state index contributed by atoms with van der Waals surface area (Å²) in [5.74, 6) is 0.731. The molecular formula is C18H23N5O3. The van der Waals surface area contributed by atoms with Crippen molar-refractivity contribution in [2.24, 2.45) is 16.6 Å². The van der Waals surface area contributed by atoms with Crippen LogP contribution < -0.4 is 21.1 Å². The SMILES string of the molecule is Cc1cc2n(c1N(C)C)-c1cc(C(=O)ON=C(N)N)ccc1OC2(C)C. The zero-order chi connectivity index (χ0) is 19.2. The maximum atomic E-state index is 12.2. The average Bonchev–Trinajstić information content (AvgIpc) is 2.90. The van der Waals surface area contributed by atoms with Crippen LogP contribution in [-0.2, 0) is 10.4 Å². The molecule has 3 rings (SSSR count). The highest BCUT2D eigenvalue weighted by atomic mass is 16.7. The first-order chi connectivity index (χ1) is 12.1. The normalized spacial score (nSPS) is 13.9. The fourth-order valence-corrected chi connectivity index (χ4v) is 3.24. The molecule has 138 valence electrons. The van der Waals surface area contributed by atoms with Crippen molar-refractivity contribution in [1.82, 2.24) is 4.57 Å². The largest absolute Gasteiger partial charge is 0.479 e. The Hall–Kier alpha value is -3.16. The lowest BCUT2D eigenvalue weighted by Gasteiger charge is -2.35. The van der Waals surface area contributed by atoms with Crippen molar-refractivity contribution in [3.8, 4) is 11.4 Å². The van der Waals surface area contributed by atoms with E-state index >= 15 is 0 Å². The molecule has 0 aliphatic carbocycles. The van der Waals surface area contributed by atoms with Crippen molar-refractivity contribution >= 4 is 17.7 Å². The lowest BCUT2D eigenvalue weighted by Crippen LogP contribution is -2.33. The zero-order valence-corrected chi connectivity index (χ0v) is 15.5. The van der Waals surface area contributed by atoms with Crippen molar-refractivity contribution in [2.75, 3.05) is 19.0 Å². The molecule has 1 aliphatic heterocycles. The third-order valence-corrected chi connectivity index (χ3v) is 4.23. The minimum atomic E-state index is -0.650. The molecule has 0 saturated heterocycles. The minimum Gasteiger partial charge on any atom is -0.479 e. The third kappa shape index (κ3) is 2.83. The van der Waals surface area contributed by atoms with Gasteiger partial charge in [0.1, 0.15) is 17.2 Å². The fraction of sp³-hybridized carbons (Fsp3) is 0.333. The number of anilines is 1. The zero-order valence-electron chi connectivity index (χ0n) is 15.5. The second kappa shape index (κ2) is 5.98. The number of aromatic nitrogens is 1. The Bertz CT molecular complexity index is 908. The predicted molar refractivity (Wildman–Crippen MR) is 99.7 cm³/mol. The van der Waals surface area contributed by atoms with E-state index in [9.17, 15) is 4.79 Å². The summed E-state index contributed by atoms with van der Waals surface area (Å²) in [6.45, 7) is 6.08. The highest BCUT2D eigenvalue weighted by Gasteiger charge is 2.36. The Labute approximate surface area is 151 Å². The number of rotatable bonds is 3. The number of aryl methyl sites for hydroxylation is 1. The number of carbonyl (C=O) groups excluding carboxylic acids is 1. The fourth-order valence-electron chi connectivity index (χ4n) is 3.24. The molecule has 1 aromatic carbocycles. The topological polar surface area (TPSA) is 108 Å². The van der Waals surface area contributed by atoms with E-state index in [2.05, 4.69) is 15.8 Å². The van der Waals surface area contributed by atoms with Gasteiger partial charge in [0.15, 0.2) is 0 Å². The van der Waals surface area contributed by atoms with Crippen LogP contribution in [0, 0.1) is 6.92 Å². The van der Waals surface area contributed by atoms with Gasteiger partial charge >= 0.3 is 5.97 Å². The van der Waals surface area contributed by atoms with Crippen LogP contribution in [0.4, 0.5) is 5.82 Å². The number of fused-ring (bicyclic) bond motifs is 3. The van der Waals surface area contributed by atoms with Crippen LogP contribution in [0.3, 0.4) is 0 Å². The van der Waals surface area contributed by atoms with Gasteiger partial charge in [-0.3, -0.25) is 4.57 Å². The van der Waals surface area contributed by atoms with Gasteiger partial charge in [-0.1, -0.05) is 0 Å². The lowest BCUT2D eigenvalue weighted by atomic mass is 10.0. The summed E-state index contributed by atoms with van der Waals surface area (Å²) >= 11 is 0. The van der Waals surface area contributed by atoms with Gasteiger partial charge < -0.3 is 25.9 Å². The van der Waals surface area contributed by atoms with E-state index in [1.54, 1.807) is 18.2 Å². The van der Waals surface area contributed by atoms with Crippen molar-refractivity contribution < 1.29 is 14.4 Å². The standard InChI is InChI=1S/C18H23N5O3/c1-10-8-14-18(2,3)25-13-7-6-11(16(24)26-21-17(19)20)9-12(13)23(14)15(10)22(4)5/h6-9H,1-5H3,(H4,19,20,21). The molecular weight excluding hydrogens is 334 g/mol. The summed E-state index contributed by atoms with van der Waals surface area (Å²) in [7, 11) is 3.96. The first-order valence-corrected chi connectivity index (χ1v) is 8.15. The molecule has 8 nitrogen and oxygen atoms in total. The Morgan fingerprint density at radius 3 is 2.58 bits per heavy atom. The monoisotopic (exact) mass is 357 g/mol. The summed E-state index contributed by atoms with van der Waals surface area (Å²) in [5.41, 5.74) is 13.1. The summed E-state index contributed by atoms with van der Waals surface area (Å²) in [6, 6.07) is 7.19. The van der Waals surface area contributed by atoms with Gasteiger partial charge in [0, 0.05) is 14.1 Å². The second-order valence-electron chi connectivity index (χ2n) is 6.96. The van der Waals surface area contributed by atoms with E-state index in [1.165, 1.54) is 0 Å². The number of benzene rings is 1. The van der Waals surface area contributed by atoms with Gasteiger partial charge in [-0.25, -0.2) is 4.79 Å². The van der Waals surface area contributed by atoms with Gasteiger partial charge in [-0.05, 0) is 55.8 Å². The molecule has 8 heteroatoms. The maximum Gasteiger partial charge on any atom is 0.365 e. The Morgan fingerprint density at radius 2 is 1.96 bits per heavy atom. The number of ether oxygens (including phenoxy) is 1. The number of nitrogens with zero attached hydrogens (tertiary/aromatic N) is 3. The molecule has 26 heavy (non-hydrogen) atoms. The molecule has 0 unspecified atom stereocenters. The summed E-state index contributed by atoms with van der Waals surface area (Å²) in [5, 5.41) is 3.31. The number of guanidine groups is 1. The molecule has 2 aromatic rings. The number of nitrogens with two attached hydrogens (primary N) is 2. The van der Waals surface area contributed by atoms with E-state index in [0.29, 0.717) is 11.3 Å². The van der Waals surface area contributed by atoms with Crippen molar-refractivity contribution in [2.45, 2.75) is 26.4 Å². The van der Waals surface area contributed by atoms with Crippen LogP contribution >= 0.6 is 0 Å². The molecule has 0 amide bonds. The molecule has 0 fully saturated rings. The van der Waals surface area contributed by atoms with Crippen LogP contribution in [0.15, 0.2) is 29.4 Å². The number of carbonyl (C=O) groups is 1. The van der Waals surface area contributed by atoms with Crippen molar-refractivity contribution in [3.63, 3.8) is 0 Å². The third-order valence-electron chi connectivity index (χ3n) is 4.23. The highest BCUT2D eigenvalue weighted by Crippen LogP contribution is 2.44. The smallest absolute Gasteiger partial charge is 0.365 e. The summed E-state index contributed by atoms with van der Waals surface area (Å²) in [4.78, 5) is 19.0. The Morgan fingerprint density at radius 1 is 1.27 bits per heavy atom. The quantitative estimate of drug-likeness (QED) is 0.375. The Kier molecular flexibility index (Phi) is 4.06. The second-order valence-corrected chi connectivity index (χ2v) is 6.96. The molecule has 4 N–H and O–H groups in total. The molecule has 1 aromatic heterocycles. The van der Waals surface area contributed by atoms with Crippen molar-refractivity contribution in [1.29, 1.82) is 0 Å².